The number of aromatic amines is 1. The van der Waals surface area contributed by atoms with Crippen LogP contribution in [-0.4, -0.2) is 54.1 Å². The summed E-state index contributed by atoms with van der Waals surface area (Å²) in [5.74, 6) is 1.79. The molecule has 0 fully saturated rings. The molecule has 4 rings (SSSR count). The molecule has 10 heteroatoms. The quantitative estimate of drug-likeness (QED) is 0.375. The van der Waals surface area contributed by atoms with Crippen molar-refractivity contribution in [3.05, 3.63) is 59.9 Å². The third-order valence-electron chi connectivity index (χ3n) is 5.54. The number of anilines is 1. The molecule has 36 heavy (non-hydrogen) atoms. The van der Waals surface area contributed by atoms with Crippen LogP contribution in [0.2, 0.25) is 0 Å². The average molecular weight is 489 g/mol. The summed E-state index contributed by atoms with van der Waals surface area (Å²) in [6, 6.07) is 16.2. The summed E-state index contributed by atoms with van der Waals surface area (Å²) in [4.78, 5) is 18.8. The first-order valence-corrected chi connectivity index (χ1v) is 12.1. The van der Waals surface area contributed by atoms with Crippen molar-refractivity contribution in [2.75, 3.05) is 11.9 Å². The SMILES string of the molecule is CCCCc1nc(N(C)C(=O)OC(C)(C)C)n(Cc2ccc(-c3ccccc3-c3nnn[nH]3)cc2)n1. The molecule has 0 saturated carbocycles. The molecule has 1 amide bonds. The van der Waals surface area contributed by atoms with Crippen molar-refractivity contribution in [1.82, 2.24) is 35.4 Å². The van der Waals surface area contributed by atoms with Crippen LogP contribution < -0.4 is 4.90 Å². The summed E-state index contributed by atoms with van der Waals surface area (Å²) in [6.45, 7) is 8.12. The van der Waals surface area contributed by atoms with Crippen LogP contribution in [0.15, 0.2) is 48.5 Å². The van der Waals surface area contributed by atoms with Gasteiger partial charge in [-0.2, -0.15) is 10.1 Å². The van der Waals surface area contributed by atoms with Gasteiger partial charge in [0.2, 0.25) is 5.95 Å². The van der Waals surface area contributed by atoms with E-state index < -0.39 is 11.7 Å². The number of hydrogen-bond donors (Lipinski definition) is 1. The molecule has 2 aromatic heterocycles. The van der Waals surface area contributed by atoms with Gasteiger partial charge in [0.15, 0.2) is 11.6 Å². The summed E-state index contributed by atoms with van der Waals surface area (Å²) in [5.41, 5.74) is 3.42. The first-order chi connectivity index (χ1) is 17.2. The second kappa shape index (κ2) is 10.7. The van der Waals surface area contributed by atoms with Crippen LogP contribution >= 0.6 is 0 Å². The summed E-state index contributed by atoms with van der Waals surface area (Å²) < 4.78 is 7.31. The molecule has 0 spiro atoms. The molecule has 0 aliphatic rings. The molecule has 10 nitrogen and oxygen atoms in total. The number of hydrogen-bond acceptors (Lipinski definition) is 7. The number of tetrazole rings is 1. The molecule has 0 unspecified atom stereocenters. The first-order valence-electron chi connectivity index (χ1n) is 12.1. The molecule has 2 aromatic carbocycles. The van der Waals surface area contributed by atoms with E-state index >= 15 is 0 Å². The third kappa shape index (κ3) is 5.94. The van der Waals surface area contributed by atoms with E-state index in [4.69, 9.17) is 9.84 Å². The third-order valence-corrected chi connectivity index (χ3v) is 5.54. The molecule has 2 heterocycles. The smallest absolute Gasteiger partial charge is 0.416 e. The van der Waals surface area contributed by atoms with Crippen LogP contribution in [-0.2, 0) is 17.7 Å². The van der Waals surface area contributed by atoms with Gasteiger partial charge < -0.3 is 4.74 Å². The van der Waals surface area contributed by atoms with Crippen molar-refractivity contribution in [3.8, 4) is 22.5 Å². The van der Waals surface area contributed by atoms with Crippen molar-refractivity contribution < 1.29 is 9.53 Å². The number of aromatic nitrogens is 7. The van der Waals surface area contributed by atoms with E-state index in [2.05, 4.69) is 56.8 Å². The van der Waals surface area contributed by atoms with Gasteiger partial charge in [-0.05, 0) is 54.3 Å². The van der Waals surface area contributed by atoms with Crippen LogP contribution in [0.4, 0.5) is 10.7 Å². The van der Waals surface area contributed by atoms with Crippen molar-refractivity contribution in [2.24, 2.45) is 0 Å². The zero-order valence-corrected chi connectivity index (χ0v) is 21.4. The highest BCUT2D eigenvalue weighted by atomic mass is 16.6. The zero-order valence-electron chi connectivity index (χ0n) is 21.4. The number of carbonyl (C=O) groups is 1. The summed E-state index contributed by atoms with van der Waals surface area (Å²) in [6.07, 6.45) is 2.31. The second-order valence-corrected chi connectivity index (χ2v) is 9.62. The van der Waals surface area contributed by atoms with Crippen LogP contribution in [0.1, 0.15) is 51.9 Å². The van der Waals surface area contributed by atoms with Gasteiger partial charge in [0.05, 0.1) is 6.54 Å². The van der Waals surface area contributed by atoms with E-state index in [-0.39, 0.29) is 0 Å². The maximum absolute atomic E-state index is 12.7. The van der Waals surface area contributed by atoms with Crippen molar-refractivity contribution in [3.63, 3.8) is 0 Å². The van der Waals surface area contributed by atoms with E-state index in [1.807, 2.05) is 45.0 Å². The van der Waals surface area contributed by atoms with Gasteiger partial charge in [0.1, 0.15) is 5.60 Å². The monoisotopic (exact) mass is 488 g/mol. The van der Waals surface area contributed by atoms with Crippen LogP contribution in [0.3, 0.4) is 0 Å². The normalized spacial score (nSPS) is 11.5. The predicted octanol–water partition coefficient (Wildman–Crippen LogP) is 4.89. The molecular weight excluding hydrogens is 456 g/mol. The maximum Gasteiger partial charge on any atom is 0.416 e. The second-order valence-electron chi connectivity index (χ2n) is 9.62. The fraction of sp³-hybridized carbons (Fsp3) is 0.385. The van der Waals surface area contributed by atoms with Crippen molar-refractivity contribution in [1.29, 1.82) is 0 Å². The zero-order chi connectivity index (χ0) is 25.7. The molecule has 0 bridgehead atoms. The number of H-pyrrole nitrogens is 1. The van der Waals surface area contributed by atoms with E-state index in [1.165, 1.54) is 4.90 Å². The van der Waals surface area contributed by atoms with E-state index in [0.717, 1.165) is 41.5 Å². The molecule has 0 aliphatic heterocycles. The van der Waals surface area contributed by atoms with E-state index in [0.29, 0.717) is 24.1 Å². The lowest BCUT2D eigenvalue weighted by molar-refractivity contribution is 0.0586. The number of benzene rings is 2. The Bertz CT molecular complexity index is 1290. The Kier molecular flexibility index (Phi) is 7.42. The minimum Gasteiger partial charge on any atom is -0.443 e. The molecule has 0 saturated heterocycles. The molecule has 4 aromatic rings. The van der Waals surface area contributed by atoms with Crippen molar-refractivity contribution >= 4 is 12.0 Å². The lowest BCUT2D eigenvalue weighted by Gasteiger charge is -2.24. The number of amides is 1. The summed E-state index contributed by atoms with van der Waals surface area (Å²) in [5, 5.41) is 19.0. The number of unbranched alkanes of at least 4 members (excludes halogenated alkanes) is 1. The molecule has 0 radical (unpaired) electrons. The molecule has 188 valence electrons. The van der Waals surface area contributed by atoms with Crippen LogP contribution in [0, 0.1) is 0 Å². The Labute approximate surface area is 210 Å². The highest BCUT2D eigenvalue weighted by Crippen LogP contribution is 2.30. The molecule has 0 atom stereocenters. The predicted molar refractivity (Wildman–Crippen MR) is 137 cm³/mol. The number of nitrogens with zero attached hydrogens (tertiary/aromatic N) is 7. The van der Waals surface area contributed by atoms with Gasteiger partial charge in [-0.1, -0.05) is 61.9 Å². The Morgan fingerprint density at radius 3 is 2.44 bits per heavy atom. The minimum absolute atomic E-state index is 0.461. The van der Waals surface area contributed by atoms with Gasteiger partial charge >= 0.3 is 6.09 Å². The molecule has 0 aliphatic carbocycles. The summed E-state index contributed by atoms with van der Waals surface area (Å²) in [7, 11) is 1.66. The minimum atomic E-state index is -0.602. The maximum atomic E-state index is 12.7. The number of carbonyl (C=O) groups excluding carboxylic acids is 1. The Morgan fingerprint density at radius 1 is 1.08 bits per heavy atom. The van der Waals surface area contributed by atoms with Crippen molar-refractivity contribution in [2.45, 2.75) is 59.1 Å². The van der Waals surface area contributed by atoms with Crippen LogP contribution in [0.5, 0.6) is 0 Å². The van der Waals surface area contributed by atoms with Gasteiger partial charge in [-0.3, -0.25) is 0 Å². The lowest BCUT2D eigenvalue weighted by Crippen LogP contribution is -2.35. The Hall–Kier alpha value is -4.08. The molecule has 1 N–H and O–H groups in total. The topological polar surface area (TPSA) is 115 Å². The van der Waals surface area contributed by atoms with Crippen LogP contribution in [0.25, 0.3) is 22.5 Å². The van der Waals surface area contributed by atoms with E-state index in [9.17, 15) is 4.79 Å². The lowest BCUT2D eigenvalue weighted by atomic mass is 9.98. The van der Waals surface area contributed by atoms with Gasteiger partial charge in [0.25, 0.3) is 0 Å². The number of aryl methyl sites for hydroxylation is 1. The standard InChI is InChI=1S/C26H32N8O2/c1-6-7-12-22-27-24(33(5)25(35)36-26(2,3)4)34(30-22)17-18-13-15-19(16-14-18)20-10-8-9-11-21(20)23-28-31-32-29-23/h8-11,13-16H,6-7,12,17H2,1-5H3,(H,28,29,31,32). The molecular formula is C26H32N8O2. The average Bonchev–Trinajstić information content (AvgIpc) is 3.52. The highest BCUT2D eigenvalue weighted by molar-refractivity contribution is 5.85. The first kappa shape index (κ1) is 25.0. The number of rotatable bonds is 8. The fourth-order valence-corrected chi connectivity index (χ4v) is 3.76. The summed E-state index contributed by atoms with van der Waals surface area (Å²) >= 11 is 0. The Balaban J connectivity index is 1.59. The Morgan fingerprint density at radius 2 is 1.81 bits per heavy atom. The number of ether oxygens (including phenoxy) is 1. The van der Waals surface area contributed by atoms with Gasteiger partial charge in [0, 0.05) is 19.0 Å². The number of nitrogens with one attached hydrogen (secondary N) is 1. The highest BCUT2D eigenvalue weighted by Gasteiger charge is 2.25. The fourth-order valence-electron chi connectivity index (χ4n) is 3.76. The largest absolute Gasteiger partial charge is 0.443 e. The van der Waals surface area contributed by atoms with Gasteiger partial charge in [-0.15, -0.1) is 5.10 Å². The van der Waals surface area contributed by atoms with Gasteiger partial charge in [-0.25, -0.2) is 19.5 Å². The van der Waals surface area contributed by atoms with E-state index in [1.54, 1.807) is 11.7 Å².